The van der Waals surface area contributed by atoms with Crippen LogP contribution in [0.25, 0.3) is 0 Å². The van der Waals surface area contributed by atoms with E-state index in [4.69, 9.17) is 15.2 Å². The van der Waals surface area contributed by atoms with E-state index in [0.717, 1.165) is 37.9 Å². The number of unbranched alkanes of at least 4 members (excludes halogenated alkanes) is 1. The molecule has 0 amide bonds. The average Bonchev–Trinajstić information content (AvgIpc) is 3.02. The minimum atomic E-state index is -2.06. The Kier molecular flexibility index (Phi) is 7.03. The van der Waals surface area contributed by atoms with E-state index in [2.05, 4.69) is 19.2 Å². The first-order chi connectivity index (χ1) is 11.5. The summed E-state index contributed by atoms with van der Waals surface area (Å²) in [5.74, 6) is 1.25. The molecule has 2 rings (SSSR count). The Morgan fingerprint density at radius 2 is 2.17 bits per heavy atom. The SMILES string of the molecule is CCNCC(C)(CCCCN)Cc1c(S(=O)O)ccc2c1OCO2. The van der Waals surface area contributed by atoms with E-state index >= 15 is 0 Å². The summed E-state index contributed by atoms with van der Waals surface area (Å²) < 4.78 is 32.5. The van der Waals surface area contributed by atoms with Crippen LogP contribution in [0.15, 0.2) is 17.0 Å². The van der Waals surface area contributed by atoms with Crippen LogP contribution in [0.1, 0.15) is 38.7 Å². The van der Waals surface area contributed by atoms with Crippen molar-refractivity contribution in [2.24, 2.45) is 11.1 Å². The molecule has 1 aromatic rings. The van der Waals surface area contributed by atoms with E-state index in [-0.39, 0.29) is 12.2 Å². The van der Waals surface area contributed by atoms with Gasteiger partial charge in [0.15, 0.2) is 22.6 Å². The fourth-order valence-electron chi connectivity index (χ4n) is 3.13. The number of hydrogen-bond donors (Lipinski definition) is 3. The van der Waals surface area contributed by atoms with Crippen LogP contribution in [0.5, 0.6) is 11.5 Å². The van der Waals surface area contributed by atoms with Gasteiger partial charge in [-0.05, 0) is 49.9 Å². The number of nitrogens with one attached hydrogen (secondary N) is 1. The van der Waals surface area contributed by atoms with Crippen LogP contribution in [0, 0.1) is 5.41 Å². The van der Waals surface area contributed by atoms with E-state index in [9.17, 15) is 8.76 Å². The molecule has 1 aliphatic heterocycles. The van der Waals surface area contributed by atoms with E-state index in [0.29, 0.717) is 29.4 Å². The van der Waals surface area contributed by atoms with Gasteiger partial charge in [-0.25, -0.2) is 4.21 Å². The minimum Gasteiger partial charge on any atom is -0.454 e. The summed E-state index contributed by atoms with van der Waals surface area (Å²) in [5, 5.41) is 3.41. The monoisotopic (exact) mass is 356 g/mol. The Labute approximate surface area is 146 Å². The zero-order valence-corrected chi connectivity index (χ0v) is 15.3. The van der Waals surface area contributed by atoms with Crippen LogP contribution < -0.4 is 20.5 Å². The average molecular weight is 356 g/mol. The van der Waals surface area contributed by atoms with Crippen molar-refractivity contribution in [1.29, 1.82) is 0 Å². The Hall–Kier alpha value is -1.15. The molecule has 24 heavy (non-hydrogen) atoms. The lowest BCUT2D eigenvalue weighted by molar-refractivity contribution is 0.172. The summed E-state index contributed by atoms with van der Waals surface area (Å²) in [6, 6.07) is 3.36. The summed E-state index contributed by atoms with van der Waals surface area (Å²) in [7, 11) is 0. The molecule has 7 heteroatoms. The summed E-state index contributed by atoms with van der Waals surface area (Å²) in [6.07, 6.45) is 3.65. The third-order valence-corrected chi connectivity index (χ3v) is 5.19. The molecule has 0 saturated carbocycles. The highest BCUT2D eigenvalue weighted by molar-refractivity contribution is 7.79. The summed E-state index contributed by atoms with van der Waals surface area (Å²) in [5.41, 5.74) is 6.34. The quantitative estimate of drug-likeness (QED) is 0.440. The van der Waals surface area contributed by atoms with Crippen LogP contribution in [0.2, 0.25) is 0 Å². The summed E-state index contributed by atoms with van der Waals surface area (Å²) >= 11 is -2.06. The number of hydrogen-bond acceptors (Lipinski definition) is 5. The van der Waals surface area contributed by atoms with Gasteiger partial charge in [-0.15, -0.1) is 0 Å². The second-order valence-electron chi connectivity index (χ2n) is 6.54. The van der Waals surface area contributed by atoms with Gasteiger partial charge in [-0.1, -0.05) is 20.3 Å². The molecule has 0 aromatic heterocycles. The van der Waals surface area contributed by atoms with E-state index in [1.807, 2.05) is 0 Å². The predicted molar refractivity (Wildman–Crippen MR) is 94.9 cm³/mol. The molecule has 4 N–H and O–H groups in total. The van der Waals surface area contributed by atoms with Crippen LogP contribution in [0.4, 0.5) is 0 Å². The topological polar surface area (TPSA) is 93.8 Å². The minimum absolute atomic E-state index is 0.0552. The molecular weight excluding hydrogens is 328 g/mol. The first-order valence-corrected chi connectivity index (χ1v) is 9.54. The molecule has 0 fully saturated rings. The van der Waals surface area contributed by atoms with Crippen molar-refractivity contribution in [3.05, 3.63) is 17.7 Å². The van der Waals surface area contributed by atoms with E-state index in [1.54, 1.807) is 12.1 Å². The zero-order chi connectivity index (χ0) is 17.6. The maximum absolute atomic E-state index is 11.8. The molecule has 1 heterocycles. The van der Waals surface area contributed by atoms with Gasteiger partial charge >= 0.3 is 0 Å². The molecule has 2 unspecified atom stereocenters. The molecule has 0 radical (unpaired) electrons. The molecule has 0 aliphatic carbocycles. The van der Waals surface area contributed by atoms with Gasteiger partial charge in [0.05, 0.1) is 4.90 Å². The maximum Gasteiger partial charge on any atom is 0.231 e. The molecule has 6 nitrogen and oxygen atoms in total. The molecular formula is C17H28N2O4S. The lowest BCUT2D eigenvalue weighted by atomic mass is 9.78. The second-order valence-corrected chi connectivity index (χ2v) is 7.48. The Morgan fingerprint density at radius 1 is 1.38 bits per heavy atom. The smallest absolute Gasteiger partial charge is 0.231 e. The molecule has 0 spiro atoms. The first kappa shape index (κ1) is 19.2. The van der Waals surface area contributed by atoms with E-state index in [1.165, 1.54) is 0 Å². The lowest BCUT2D eigenvalue weighted by Crippen LogP contribution is -2.34. The van der Waals surface area contributed by atoms with Crippen LogP contribution in [-0.4, -0.2) is 35.2 Å². The fourth-order valence-corrected chi connectivity index (χ4v) is 3.69. The van der Waals surface area contributed by atoms with Gasteiger partial charge in [0.25, 0.3) is 0 Å². The lowest BCUT2D eigenvalue weighted by Gasteiger charge is -2.31. The van der Waals surface area contributed by atoms with Gasteiger partial charge in [-0.3, -0.25) is 0 Å². The molecule has 0 saturated heterocycles. The van der Waals surface area contributed by atoms with Crippen LogP contribution in [0.3, 0.4) is 0 Å². The van der Waals surface area contributed by atoms with Crippen molar-refractivity contribution in [1.82, 2.24) is 5.32 Å². The van der Waals surface area contributed by atoms with Crippen molar-refractivity contribution in [3.8, 4) is 11.5 Å². The third kappa shape index (κ3) is 4.69. The zero-order valence-electron chi connectivity index (χ0n) is 14.5. The Morgan fingerprint density at radius 3 is 2.83 bits per heavy atom. The van der Waals surface area contributed by atoms with Crippen molar-refractivity contribution in [3.63, 3.8) is 0 Å². The molecule has 136 valence electrons. The Balaban J connectivity index is 2.30. The molecule has 1 aromatic carbocycles. The molecule has 2 atom stereocenters. The maximum atomic E-state index is 11.8. The summed E-state index contributed by atoms with van der Waals surface area (Å²) in [4.78, 5) is 0.404. The largest absolute Gasteiger partial charge is 0.454 e. The van der Waals surface area contributed by atoms with Crippen molar-refractivity contribution >= 4 is 11.1 Å². The number of fused-ring (bicyclic) bond motifs is 1. The van der Waals surface area contributed by atoms with Crippen molar-refractivity contribution in [2.75, 3.05) is 26.4 Å². The van der Waals surface area contributed by atoms with Gasteiger partial charge in [-0.2, -0.15) is 0 Å². The van der Waals surface area contributed by atoms with Crippen molar-refractivity contribution < 1.29 is 18.2 Å². The normalized spacial score (nSPS) is 16.8. The van der Waals surface area contributed by atoms with E-state index < -0.39 is 11.1 Å². The first-order valence-electron chi connectivity index (χ1n) is 8.44. The third-order valence-electron chi connectivity index (χ3n) is 4.43. The highest BCUT2D eigenvalue weighted by Crippen LogP contribution is 2.42. The van der Waals surface area contributed by atoms with Gasteiger partial charge in [0.2, 0.25) is 6.79 Å². The highest BCUT2D eigenvalue weighted by atomic mass is 32.2. The second kappa shape index (κ2) is 8.80. The van der Waals surface area contributed by atoms with Gasteiger partial charge < -0.3 is 25.1 Å². The molecule has 1 aliphatic rings. The predicted octanol–water partition coefficient (Wildman–Crippen LogP) is 2.28. The standard InChI is InChI=1S/C17H28N2O4S/c1-3-19-11-17(2,8-4-5-9-18)10-13-15(24(20)21)7-6-14-16(13)23-12-22-14/h6-7,19H,3-5,8-12,18H2,1-2H3,(H,20,21). The highest BCUT2D eigenvalue weighted by Gasteiger charge is 2.31. The number of nitrogens with two attached hydrogens (primary N) is 1. The van der Waals surface area contributed by atoms with Crippen molar-refractivity contribution in [2.45, 2.75) is 44.4 Å². The Bertz CT molecular complexity index is 582. The molecule has 0 bridgehead atoms. The fraction of sp³-hybridized carbons (Fsp3) is 0.647. The van der Waals surface area contributed by atoms with Crippen LogP contribution >= 0.6 is 0 Å². The van der Waals surface area contributed by atoms with Gasteiger partial charge in [0.1, 0.15) is 0 Å². The number of benzene rings is 1. The number of rotatable bonds is 10. The van der Waals surface area contributed by atoms with Gasteiger partial charge in [0, 0.05) is 12.1 Å². The summed E-state index contributed by atoms with van der Waals surface area (Å²) in [6.45, 7) is 6.83. The van der Waals surface area contributed by atoms with Crippen LogP contribution in [-0.2, 0) is 17.5 Å². The number of ether oxygens (including phenoxy) is 2.